The van der Waals surface area contributed by atoms with Crippen molar-refractivity contribution in [2.75, 3.05) is 0 Å². The number of rotatable bonds is 2. The largest absolute Gasteiger partial charge is 0.368 e. The Hall–Kier alpha value is -1.20. The van der Waals surface area contributed by atoms with Gasteiger partial charge in [-0.2, -0.15) is 0 Å². The molecule has 1 aliphatic carbocycles. The minimum absolute atomic E-state index is 0.102. The molecular formula is C9H14F2N2O2. The normalized spacial score (nSPS) is 23.1. The van der Waals surface area contributed by atoms with Crippen molar-refractivity contribution in [2.24, 2.45) is 5.73 Å². The quantitative estimate of drug-likeness (QED) is 0.713. The van der Waals surface area contributed by atoms with Crippen LogP contribution >= 0.6 is 0 Å². The van der Waals surface area contributed by atoms with E-state index in [1.165, 1.54) is 6.92 Å². The zero-order valence-electron chi connectivity index (χ0n) is 8.48. The average Bonchev–Trinajstić information content (AvgIpc) is 2.08. The van der Waals surface area contributed by atoms with E-state index in [4.69, 9.17) is 5.73 Å². The smallest absolute Gasteiger partial charge is 0.248 e. The van der Waals surface area contributed by atoms with Crippen molar-refractivity contribution in [1.82, 2.24) is 5.32 Å². The highest BCUT2D eigenvalue weighted by Gasteiger charge is 2.47. The van der Waals surface area contributed by atoms with Crippen LogP contribution in [-0.2, 0) is 9.59 Å². The Morgan fingerprint density at radius 3 is 2.00 bits per heavy atom. The molecule has 0 heterocycles. The molecule has 3 N–H and O–H groups in total. The predicted octanol–water partition coefficient (Wildman–Crippen LogP) is 0.556. The number of nitrogens with two attached hydrogens (primary N) is 1. The summed E-state index contributed by atoms with van der Waals surface area (Å²) in [6.07, 6.45) is -1.05. The number of carbonyl (C=O) groups is 2. The Balaban J connectivity index is 2.78. The van der Waals surface area contributed by atoms with Crippen molar-refractivity contribution in [3.8, 4) is 0 Å². The first kappa shape index (κ1) is 11.9. The SMILES string of the molecule is CC(=O)NC1(C(N)=O)CCC(F)(F)CC1. The van der Waals surface area contributed by atoms with Crippen LogP contribution in [0.1, 0.15) is 32.6 Å². The summed E-state index contributed by atoms with van der Waals surface area (Å²) >= 11 is 0. The molecule has 0 aromatic carbocycles. The average molecular weight is 220 g/mol. The fourth-order valence-electron chi connectivity index (χ4n) is 1.81. The number of halogens is 2. The second-order valence-electron chi connectivity index (χ2n) is 3.98. The van der Waals surface area contributed by atoms with Crippen molar-refractivity contribution >= 4 is 11.8 Å². The Bertz CT molecular complexity index is 282. The maximum Gasteiger partial charge on any atom is 0.248 e. The van der Waals surface area contributed by atoms with Crippen LogP contribution in [0.25, 0.3) is 0 Å². The van der Waals surface area contributed by atoms with Gasteiger partial charge in [0.2, 0.25) is 17.7 Å². The van der Waals surface area contributed by atoms with Crippen molar-refractivity contribution in [3.05, 3.63) is 0 Å². The third-order valence-corrected chi connectivity index (χ3v) is 2.72. The summed E-state index contributed by atoms with van der Waals surface area (Å²) in [5.41, 5.74) is 3.86. The minimum Gasteiger partial charge on any atom is -0.368 e. The van der Waals surface area contributed by atoms with E-state index in [1.54, 1.807) is 0 Å². The highest BCUT2D eigenvalue weighted by atomic mass is 19.3. The van der Waals surface area contributed by atoms with Gasteiger partial charge in [-0.05, 0) is 12.8 Å². The van der Waals surface area contributed by atoms with Gasteiger partial charge in [0.1, 0.15) is 5.54 Å². The second kappa shape index (κ2) is 3.75. The van der Waals surface area contributed by atoms with Crippen LogP contribution in [0, 0.1) is 0 Å². The van der Waals surface area contributed by atoms with E-state index in [-0.39, 0.29) is 12.8 Å². The number of amides is 2. The highest BCUT2D eigenvalue weighted by molar-refractivity contribution is 5.89. The molecule has 1 fully saturated rings. The Labute approximate surface area is 86.2 Å². The van der Waals surface area contributed by atoms with Crippen LogP contribution in [0.15, 0.2) is 0 Å². The van der Waals surface area contributed by atoms with E-state index in [0.717, 1.165) is 0 Å². The van der Waals surface area contributed by atoms with Gasteiger partial charge in [-0.25, -0.2) is 8.78 Å². The zero-order valence-corrected chi connectivity index (χ0v) is 8.48. The molecule has 0 bridgehead atoms. The number of carbonyl (C=O) groups excluding carboxylic acids is 2. The zero-order chi connectivity index (χ0) is 11.7. The topological polar surface area (TPSA) is 72.2 Å². The van der Waals surface area contributed by atoms with E-state index in [9.17, 15) is 18.4 Å². The van der Waals surface area contributed by atoms with Gasteiger partial charge < -0.3 is 11.1 Å². The molecular weight excluding hydrogens is 206 g/mol. The van der Waals surface area contributed by atoms with Gasteiger partial charge in [0.05, 0.1) is 0 Å². The van der Waals surface area contributed by atoms with Crippen LogP contribution in [0.5, 0.6) is 0 Å². The molecule has 0 aromatic rings. The molecule has 0 unspecified atom stereocenters. The van der Waals surface area contributed by atoms with Crippen LogP contribution in [0.4, 0.5) is 8.78 Å². The van der Waals surface area contributed by atoms with Gasteiger partial charge in [-0.1, -0.05) is 0 Å². The van der Waals surface area contributed by atoms with E-state index >= 15 is 0 Å². The summed E-state index contributed by atoms with van der Waals surface area (Å²) in [6.45, 7) is 1.23. The summed E-state index contributed by atoms with van der Waals surface area (Å²) in [5, 5.41) is 2.39. The molecule has 0 saturated heterocycles. The van der Waals surface area contributed by atoms with Crippen molar-refractivity contribution in [3.63, 3.8) is 0 Å². The molecule has 0 atom stereocenters. The first-order valence-electron chi connectivity index (χ1n) is 4.74. The minimum atomic E-state index is -2.75. The van der Waals surface area contributed by atoms with Crippen molar-refractivity contribution in [2.45, 2.75) is 44.1 Å². The molecule has 0 aliphatic heterocycles. The summed E-state index contributed by atoms with van der Waals surface area (Å²) in [4.78, 5) is 22.1. The molecule has 1 aliphatic rings. The number of hydrogen-bond donors (Lipinski definition) is 2. The third-order valence-electron chi connectivity index (χ3n) is 2.72. The molecule has 2 amide bonds. The molecule has 1 saturated carbocycles. The predicted molar refractivity (Wildman–Crippen MR) is 49.2 cm³/mol. The summed E-state index contributed by atoms with van der Waals surface area (Å²) in [7, 11) is 0. The van der Waals surface area contributed by atoms with E-state index in [0.29, 0.717) is 0 Å². The lowest BCUT2D eigenvalue weighted by Crippen LogP contribution is -2.59. The number of hydrogen-bond acceptors (Lipinski definition) is 2. The lowest BCUT2D eigenvalue weighted by Gasteiger charge is -2.37. The van der Waals surface area contributed by atoms with Gasteiger partial charge in [0.25, 0.3) is 0 Å². The van der Waals surface area contributed by atoms with Gasteiger partial charge in [-0.3, -0.25) is 9.59 Å². The lowest BCUT2D eigenvalue weighted by atomic mass is 9.79. The highest BCUT2D eigenvalue weighted by Crippen LogP contribution is 2.38. The maximum atomic E-state index is 12.9. The second-order valence-corrected chi connectivity index (χ2v) is 3.98. The third kappa shape index (κ3) is 2.64. The van der Waals surface area contributed by atoms with E-state index in [1.807, 2.05) is 0 Å². The monoisotopic (exact) mass is 220 g/mol. The molecule has 15 heavy (non-hydrogen) atoms. The van der Waals surface area contributed by atoms with Crippen molar-refractivity contribution in [1.29, 1.82) is 0 Å². The van der Waals surface area contributed by atoms with Crippen molar-refractivity contribution < 1.29 is 18.4 Å². The Morgan fingerprint density at radius 2 is 1.67 bits per heavy atom. The standard InChI is InChI=1S/C9H14F2N2O2/c1-6(14)13-8(7(12)15)2-4-9(10,11)5-3-8/h2-5H2,1H3,(H2,12,15)(H,13,14). The fourth-order valence-corrected chi connectivity index (χ4v) is 1.81. The molecule has 0 spiro atoms. The molecule has 4 nitrogen and oxygen atoms in total. The summed E-state index contributed by atoms with van der Waals surface area (Å²) in [5.74, 6) is -3.93. The molecule has 86 valence electrons. The number of primary amides is 1. The lowest BCUT2D eigenvalue weighted by molar-refractivity contribution is -0.136. The first-order valence-corrected chi connectivity index (χ1v) is 4.74. The van der Waals surface area contributed by atoms with Gasteiger partial charge >= 0.3 is 0 Å². The van der Waals surface area contributed by atoms with Crippen LogP contribution in [0.3, 0.4) is 0 Å². The summed E-state index contributed by atoms with van der Waals surface area (Å²) in [6, 6.07) is 0. The maximum absolute atomic E-state index is 12.9. The molecule has 0 aromatic heterocycles. The first-order chi connectivity index (χ1) is 6.77. The Morgan fingerprint density at radius 1 is 1.20 bits per heavy atom. The molecule has 1 rings (SSSR count). The van der Waals surface area contributed by atoms with Gasteiger partial charge in [-0.15, -0.1) is 0 Å². The van der Waals surface area contributed by atoms with E-state index in [2.05, 4.69) is 5.32 Å². The molecule has 6 heteroatoms. The van der Waals surface area contributed by atoms with E-state index < -0.39 is 36.1 Å². The van der Waals surface area contributed by atoms with Crippen LogP contribution in [0.2, 0.25) is 0 Å². The Kier molecular flexibility index (Phi) is 2.97. The fraction of sp³-hybridized carbons (Fsp3) is 0.778. The van der Waals surface area contributed by atoms with Crippen LogP contribution < -0.4 is 11.1 Å². The summed E-state index contributed by atoms with van der Waals surface area (Å²) < 4.78 is 25.8. The van der Waals surface area contributed by atoms with Gasteiger partial charge in [0, 0.05) is 19.8 Å². The van der Waals surface area contributed by atoms with Gasteiger partial charge in [0.15, 0.2) is 0 Å². The number of alkyl halides is 2. The molecule has 0 radical (unpaired) electrons. The van der Waals surface area contributed by atoms with Crippen LogP contribution in [-0.4, -0.2) is 23.3 Å². The number of nitrogens with one attached hydrogen (secondary N) is 1.